The molecule has 1 aliphatic rings. The van der Waals surface area contributed by atoms with Gasteiger partial charge < -0.3 is 10.5 Å². The molecule has 0 aromatic heterocycles. The number of hydrogen-bond donors (Lipinski definition) is 1. The first-order valence-corrected chi connectivity index (χ1v) is 7.45. The largest absolute Gasteiger partial charge is 0.438 e. The monoisotopic (exact) mass is 288 g/mol. The Morgan fingerprint density at radius 3 is 2.70 bits per heavy atom. The highest BCUT2D eigenvalue weighted by Crippen LogP contribution is 2.27. The normalized spacial score (nSPS) is 15.6. The van der Waals surface area contributed by atoms with Crippen molar-refractivity contribution < 1.29 is 13.2 Å². The van der Waals surface area contributed by atoms with Gasteiger partial charge in [-0.05, 0) is 29.8 Å². The molecule has 0 unspecified atom stereocenters. The Balaban J connectivity index is 2.00. The fraction of sp³-hybridized carbons (Fsp3) is 0.0714. The van der Waals surface area contributed by atoms with E-state index in [-0.39, 0.29) is 10.8 Å². The van der Waals surface area contributed by atoms with Gasteiger partial charge in [-0.25, -0.2) is 0 Å². The highest BCUT2D eigenvalue weighted by Gasteiger charge is 2.29. The Kier molecular flexibility index (Phi) is 3.04. The van der Waals surface area contributed by atoms with E-state index in [4.69, 9.17) is 10.5 Å². The van der Waals surface area contributed by atoms with E-state index in [1.165, 1.54) is 6.07 Å². The second kappa shape index (κ2) is 4.73. The molecule has 0 radical (unpaired) electrons. The van der Waals surface area contributed by atoms with E-state index in [9.17, 15) is 8.42 Å². The lowest BCUT2D eigenvalue weighted by Gasteiger charge is -2.06. The summed E-state index contributed by atoms with van der Waals surface area (Å²) in [6.45, 7) is 0.387. The molecule has 2 N–H and O–H groups in total. The Hall–Kier alpha value is -2.18. The number of sulfonamides is 1. The van der Waals surface area contributed by atoms with Crippen LogP contribution in [0.5, 0.6) is 5.75 Å². The molecule has 1 aliphatic heterocycles. The lowest BCUT2D eigenvalue weighted by molar-refractivity contribution is 0.553. The number of ether oxygens (including phenoxy) is 1. The molecular weight excluding hydrogens is 276 g/mol. The topological polar surface area (TPSA) is 81.8 Å². The van der Waals surface area contributed by atoms with E-state index >= 15 is 0 Å². The second-order valence-electron chi connectivity index (χ2n) is 4.32. The summed E-state index contributed by atoms with van der Waals surface area (Å²) < 4.78 is 33.0. The number of nitrogens with two attached hydrogens (primary N) is 1. The van der Waals surface area contributed by atoms with E-state index < -0.39 is 10.0 Å². The zero-order chi connectivity index (χ0) is 14.2. The van der Waals surface area contributed by atoms with Gasteiger partial charge in [0.25, 0.3) is 10.0 Å². The zero-order valence-electron chi connectivity index (χ0n) is 10.5. The van der Waals surface area contributed by atoms with Crippen LogP contribution < -0.4 is 10.5 Å². The smallest absolute Gasteiger partial charge is 0.286 e. The molecule has 3 rings (SSSR count). The molecule has 0 atom stereocenters. The van der Waals surface area contributed by atoms with E-state index in [0.717, 1.165) is 5.56 Å². The molecule has 6 heteroatoms. The minimum absolute atomic E-state index is 0.0924. The van der Waals surface area contributed by atoms with Crippen LogP contribution in [0.4, 0.5) is 0 Å². The Labute approximate surface area is 116 Å². The number of hydrogen-bond acceptors (Lipinski definition) is 4. The maximum absolute atomic E-state index is 11.9. The summed E-state index contributed by atoms with van der Waals surface area (Å²) in [7, 11) is -3.65. The maximum Gasteiger partial charge on any atom is 0.286 e. The Bertz CT molecular complexity index is 798. The average molecular weight is 288 g/mol. The highest BCUT2D eigenvalue weighted by atomic mass is 32.2. The lowest BCUT2D eigenvalue weighted by Crippen LogP contribution is -2.08. The first kappa shape index (κ1) is 12.8. The number of rotatable bonds is 2. The molecule has 0 spiro atoms. The summed E-state index contributed by atoms with van der Waals surface area (Å²) >= 11 is 0. The van der Waals surface area contributed by atoms with Crippen molar-refractivity contribution in [2.45, 2.75) is 11.4 Å². The molecule has 0 saturated heterocycles. The van der Waals surface area contributed by atoms with E-state index in [0.29, 0.717) is 17.9 Å². The third-order valence-electron chi connectivity index (χ3n) is 2.95. The second-order valence-corrected chi connectivity index (χ2v) is 5.89. The summed E-state index contributed by atoms with van der Waals surface area (Å²) in [6.07, 6.45) is 0. The van der Waals surface area contributed by atoms with Crippen LogP contribution in [0.1, 0.15) is 11.1 Å². The Morgan fingerprint density at radius 2 is 1.90 bits per heavy atom. The summed E-state index contributed by atoms with van der Waals surface area (Å²) in [4.78, 5) is 0.171. The quantitative estimate of drug-likeness (QED) is 0.911. The molecule has 5 nitrogen and oxygen atoms in total. The van der Waals surface area contributed by atoms with Crippen molar-refractivity contribution in [3.63, 3.8) is 0 Å². The van der Waals surface area contributed by atoms with Gasteiger partial charge >= 0.3 is 0 Å². The standard InChI is InChI=1S/C14H12N2O3S/c15-9-10-4-3-5-11(8-10)19-14-12-6-1-2-7-13(12)20(17,18)16-14/h1-8H,9,15H2. The molecule has 0 saturated carbocycles. The van der Waals surface area contributed by atoms with Gasteiger partial charge in [0.05, 0.1) is 5.56 Å². The first-order valence-electron chi connectivity index (χ1n) is 6.01. The van der Waals surface area contributed by atoms with Crippen molar-refractivity contribution in [1.82, 2.24) is 0 Å². The molecule has 0 amide bonds. The summed E-state index contributed by atoms with van der Waals surface area (Å²) in [5.41, 5.74) is 6.94. The number of fused-ring (bicyclic) bond motifs is 1. The SMILES string of the molecule is NCc1cccc(OC2=NS(=O)(=O)c3ccccc32)c1. The van der Waals surface area contributed by atoms with Crippen molar-refractivity contribution in [2.24, 2.45) is 10.1 Å². The van der Waals surface area contributed by atoms with Crippen molar-refractivity contribution in [2.75, 3.05) is 0 Å². The van der Waals surface area contributed by atoms with Crippen molar-refractivity contribution in [1.29, 1.82) is 0 Å². The van der Waals surface area contributed by atoms with E-state index in [1.807, 2.05) is 6.07 Å². The molecular formula is C14H12N2O3S. The van der Waals surface area contributed by atoms with Crippen molar-refractivity contribution >= 4 is 15.9 Å². The van der Waals surface area contributed by atoms with E-state index in [2.05, 4.69) is 4.40 Å². The summed E-state index contributed by atoms with van der Waals surface area (Å²) in [5, 5.41) is 0. The molecule has 20 heavy (non-hydrogen) atoms. The van der Waals surface area contributed by atoms with Crippen LogP contribution in [0.25, 0.3) is 0 Å². The number of nitrogens with zero attached hydrogens (tertiary/aromatic N) is 1. The fourth-order valence-electron chi connectivity index (χ4n) is 2.00. The van der Waals surface area contributed by atoms with Crippen LogP contribution in [0, 0.1) is 0 Å². The van der Waals surface area contributed by atoms with Gasteiger partial charge in [-0.2, -0.15) is 8.42 Å². The van der Waals surface area contributed by atoms with Crippen LogP contribution in [0.15, 0.2) is 57.8 Å². The van der Waals surface area contributed by atoms with Crippen LogP contribution in [0.3, 0.4) is 0 Å². The molecule has 2 aromatic rings. The van der Waals surface area contributed by atoms with Crippen LogP contribution in [0.2, 0.25) is 0 Å². The minimum atomic E-state index is -3.65. The van der Waals surface area contributed by atoms with Crippen molar-refractivity contribution in [3.8, 4) is 5.75 Å². The summed E-state index contributed by atoms with van der Waals surface area (Å²) in [6, 6.07) is 13.7. The molecule has 102 valence electrons. The van der Waals surface area contributed by atoms with Crippen LogP contribution in [-0.4, -0.2) is 14.3 Å². The van der Waals surface area contributed by atoms with Gasteiger partial charge in [0.1, 0.15) is 10.6 Å². The third kappa shape index (κ3) is 2.19. The van der Waals surface area contributed by atoms with Gasteiger partial charge in [-0.3, -0.25) is 0 Å². The van der Waals surface area contributed by atoms with Gasteiger partial charge in [0.2, 0.25) is 5.90 Å². The molecule has 2 aromatic carbocycles. The van der Waals surface area contributed by atoms with Gasteiger partial charge in [0.15, 0.2) is 0 Å². The highest BCUT2D eigenvalue weighted by molar-refractivity contribution is 7.90. The molecule has 0 aliphatic carbocycles. The molecule has 0 bridgehead atoms. The first-order chi connectivity index (χ1) is 9.60. The van der Waals surface area contributed by atoms with Gasteiger partial charge in [-0.15, -0.1) is 4.40 Å². The van der Waals surface area contributed by atoms with Gasteiger partial charge in [-0.1, -0.05) is 24.3 Å². The maximum atomic E-state index is 11.9. The lowest BCUT2D eigenvalue weighted by atomic mass is 10.2. The third-order valence-corrected chi connectivity index (χ3v) is 4.27. The minimum Gasteiger partial charge on any atom is -0.438 e. The molecule has 1 heterocycles. The van der Waals surface area contributed by atoms with Gasteiger partial charge in [0, 0.05) is 6.54 Å². The molecule has 0 fully saturated rings. The predicted molar refractivity (Wildman–Crippen MR) is 75.1 cm³/mol. The van der Waals surface area contributed by atoms with Crippen molar-refractivity contribution in [3.05, 3.63) is 59.7 Å². The van der Waals surface area contributed by atoms with E-state index in [1.54, 1.807) is 36.4 Å². The number of benzene rings is 2. The van der Waals surface area contributed by atoms with Crippen LogP contribution in [-0.2, 0) is 16.6 Å². The predicted octanol–water partition coefficient (Wildman–Crippen LogP) is 1.67. The van der Waals surface area contributed by atoms with Crippen LogP contribution >= 0.6 is 0 Å². The Morgan fingerprint density at radius 1 is 1.10 bits per heavy atom. The average Bonchev–Trinajstić information content (AvgIpc) is 2.71. The zero-order valence-corrected chi connectivity index (χ0v) is 11.3. The fourth-order valence-corrected chi connectivity index (χ4v) is 3.13. The summed E-state index contributed by atoms with van der Waals surface area (Å²) in [5.74, 6) is 0.605.